The van der Waals surface area contributed by atoms with Gasteiger partial charge in [0.05, 0.1) is 11.6 Å². The van der Waals surface area contributed by atoms with Crippen molar-refractivity contribution in [2.75, 3.05) is 0 Å². The van der Waals surface area contributed by atoms with Gasteiger partial charge in [-0.3, -0.25) is 5.10 Å². The van der Waals surface area contributed by atoms with Crippen LogP contribution in [0.15, 0.2) is 28.8 Å². The molecule has 6 nitrogen and oxygen atoms in total. The molecule has 0 unspecified atom stereocenters. The number of aromatic nitrogens is 6. The summed E-state index contributed by atoms with van der Waals surface area (Å²) in [6, 6.07) is 0. The maximum Gasteiger partial charge on any atom is 0.225 e. The van der Waals surface area contributed by atoms with Crippen LogP contribution >= 0.6 is 23.4 Å². The Morgan fingerprint density at radius 2 is 1.94 bits per heavy atom. The smallest absolute Gasteiger partial charge is 0.225 e. The van der Waals surface area contributed by atoms with Crippen LogP contribution in [0.1, 0.15) is 5.56 Å². The van der Waals surface area contributed by atoms with Crippen LogP contribution in [0, 0.1) is 6.92 Å². The highest BCUT2D eigenvalue weighted by Crippen LogP contribution is 2.29. The Bertz CT molecular complexity index is 695. The molecule has 3 aromatic heterocycles. The normalized spacial score (nSPS) is 11.0. The maximum absolute atomic E-state index is 5.85. The first-order valence-electron chi connectivity index (χ1n) is 5.05. The van der Waals surface area contributed by atoms with Gasteiger partial charge in [0.1, 0.15) is 5.03 Å². The van der Waals surface area contributed by atoms with E-state index in [0.29, 0.717) is 15.8 Å². The van der Waals surface area contributed by atoms with Crippen LogP contribution in [0.4, 0.5) is 0 Å². The monoisotopic (exact) mass is 278 g/mol. The first kappa shape index (κ1) is 11.4. The molecule has 0 aliphatic rings. The van der Waals surface area contributed by atoms with Gasteiger partial charge in [-0.25, -0.2) is 15.0 Å². The van der Waals surface area contributed by atoms with E-state index < -0.39 is 0 Å². The molecular weight excluding hydrogens is 272 g/mol. The third-order valence-corrected chi connectivity index (χ3v) is 3.26. The van der Waals surface area contributed by atoms with Crippen LogP contribution in [0.5, 0.6) is 0 Å². The molecule has 0 fully saturated rings. The molecule has 3 heterocycles. The quantitative estimate of drug-likeness (QED) is 0.572. The van der Waals surface area contributed by atoms with Gasteiger partial charge in [0.15, 0.2) is 10.8 Å². The fourth-order valence-corrected chi connectivity index (χ4v) is 2.37. The lowest BCUT2D eigenvalue weighted by Gasteiger charge is -2.01. The molecule has 90 valence electrons. The fourth-order valence-electron chi connectivity index (χ4n) is 1.38. The number of fused-ring (bicyclic) bond motifs is 1. The minimum absolute atomic E-state index is 0.168. The predicted molar refractivity (Wildman–Crippen MR) is 67.6 cm³/mol. The Balaban J connectivity index is 2.03. The Hall–Kier alpha value is -1.73. The predicted octanol–water partition coefficient (Wildman–Crippen LogP) is 2.26. The maximum atomic E-state index is 5.85. The molecule has 0 atom stereocenters. The van der Waals surface area contributed by atoms with E-state index in [9.17, 15) is 0 Å². The zero-order valence-corrected chi connectivity index (χ0v) is 10.8. The highest BCUT2D eigenvalue weighted by molar-refractivity contribution is 7.99. The molecule has 0 aromatic carbocycles. The van der Waals surface area contributed by atoms with Gasteiger partial charge >= 0.3 is 0 Å². The Morgan fingerprint density at radius 1 is 1.17 bits per heavy atom. The number of aromatic amines is 1. The van der Waals surface area contributed by atoms with Gasteiger partial charge in [-0.1, -0.05) is 0 Å². The van der Waals surface area contributed by atoms with E-state index in [2.05, 4.69) is 30.1 Å². The molecule has 0 aliphatic heterocycles. The molecule has 0 saturated heterocycles. The summed E-state index contributed by atoms with van der Waals surface area (Å²) in [5, 5.41) is 8.93. The van der Waals surface area contributed by atoms with E-state index in [1.54, 1.807) is 18.6 Å². The van der Waals surface area contributed by atoms with Crippen LogP contribution in [0.3, 0.4) is 0 Å². The van der Waals surface area contributed by atoms with Gasteiger partial charge in [0.25, 0.3) is 0 Å². The number of halogens is 1. The third-order valence-electron chi connectivity index (χ3n) is 2.19. The van der Waals surface area contributed by atoms with Crippen molar-refractivity contribution >= 4 is 34.4 Å². The molecule has 1 N–H and O–H groups in total. The molecule has 8 heteroatoms. The van der Waals surface area contributed by atoms with E-state index >= 15 is 0 Å². The molecule has 0 aliphatic carbocycles. The van der Waals surface area contributed by atoms with Crippen LogP contribution in [-0.4, -0.2) is 30.1 Å². The summed E-state index contributed by atoms with van der Waals surface area (Å²) in [5.74, 6) is 0. The Labute approximate surface area is 111 Å². The second-order valence-corrected chi connectivity index (χ2v) is 4.87. The van der Waals surface area contributed by atoms with E-state index in [4.69, 9.17) is 11.6 Å². The summed E-state index contributed by atoms with van der Waals surface area (Å²) in [7, 11) is 0. The van der Waals surface area contributed by atoms with Crippen molar-refractivity contribution in [2.24, 2.45) is 0 Å². The van der Waals surface area contributed by atoms with Gasteiger partial charge in [-0.2, -0.15) is 10.1 Å². The number of nitrogens with zero attached hydrogens (tertiary/aromatic N) is 5. The largest absolute Gasteiger partial charge is 0.261 e. The number of nitrogens with one attached hydrogen (secondary N) is 1. The highest BCUT2D eigenvalue weighted by atomic mass is 35.5. The lowest BCUT2D eigenvalue weighted by atomic mass is 10.4. The number of rotatable bonds is 2. The third kappa shape index (κ3) is 2.14. The summed E-state index contributed by atoms with van der Waals surface area (Å²) in [5.41, 5.74) is 1.61. The van der Waals surface area contributed by atoms with Gasteiger partial charge in [0, 0.05) is 12.4 Å². The zero-order chi connectivity index (χ0) is 12.5. The molecule has 18 heavy (non-hydrogen) atoms. The number of aryl methyl sites for hydroxylation is 1. The van der Waals surface area contributed by atoms with Crippen LogP contribution in [0.25, 0.3) is 11.0 Å². The van der Waals surface area contributed by atoms with E-state index in [0.717, 1.165) is 10.9 Å². The average Bonchev–Trinajstić information content (AvgIpc) is 2.80. The summed E-state index contributed by atoms with van der Waals surface area (Å²) >= 11 is 7.17. The minimum atomic E-state index is 0.168. The Kier molecular flexibility index (Phi) is 2.85. The van der Waals surface area contributed by atoms with E-state index in [1.165, 1.54) is 11.8 Å². The average molecular weight is 279 g/mol. The van der Waals surface area contributed by atoms with Crippen molar-refractivity contribution in [1.29, 1.82) is 0 Å². The highest BCUT2D eigenvalue weighted by Gasteiger charge is 2.11. The van der Waals surface area contributed by atoms with Crippen molar-refractivity contribution < 1.29 is 0 Å². The van der Waals surface area contributed by atoms with E-state index in [1.807, 2.05) is 6.92 Å². The zero-order valence-electron chi connectivity index (χ0n) is 9.25. The van der Waals surface area contributed by atoms with Crippen molar-refractivity contribution in [2.45, 2.75) is 17.1 Å². The fraction of sp³-hybridized carbons (Fsp3) is 0.100. The molecule has 3 aromatic rings. The van der Waals surface area contributed by atoms with Crippen molar-refractivity contribution in [3.63, 3.8) is 0 Å². The number of hydrogen-bond acceptors (Lipinski definition) is 6. The second-order valence-electron chi connectivity index (χ2n) is 3.58. The number of H-pyrrole nitrogens is 1. The van der Waals surface area contributed by atoms with Crippen molar-refractivity contribution in [1.82, 2.24) is 30.1 Å². The summed E-state index contributed by atoms with van der Waals surface area (Å²) in [6.45, 7) is 1.93. The van der Waals surface area contributed by atoms with Crippen molar-refractivity contribution in [3.8, 4) is 0 Å². The summed E-state index contributed by atoms with van der Waals surface area (Å²) < 4.78 is 0. The second kappa shape index (κ2) is 4.51. The van der Waals surface area contributed by atoms with Crippen LogP contribution in [-0.2, 0) is 0 Å². The lowest BCUT2D eigenvalue weighted by Crippen LogP contribution is -1.91. The molecular formula is C10H7ClN6S. The molecule has 0 amide bonds. The minimum Gasteiger partial charge on any atom is -0.261 e. The number of hydrogen-bond donors (Lipinski definition) is 1. The van der Waals surface area contributed by atoms with Gasteiger partial charge in [-0.05, 0) is 35.9 Å². The van der Waals surface area contributed by atoms with Gasteiger partial charge in [-0.15, -0.1) is 0 Å². The van der Waals surface area contributed by atoms with Gasteiger partial charge in [0.2, 0.25) is 5.28 Å². The topological polar surface area (TPSA) is 80.2 Å². The molecule has 0 bridgehead atoms. The SMILES string of the molecule is Cc1cnc(Sc2nc(Cl)nc3[nH]ncc23)nc1. The Morgan fingerprint density at radius 3 is 2.72 bits per heavy atom. The molecule has 0 radical (unpaired) electrons. The summed E-state index contributed by atoms with van der Waals surface area (Å²) in [4.78, 5) is 16.6. The molecule has 0 spiro atoms. The first-order valence-corrected chi connectivity index (χ1v) is 6.25. The summed E-state index contributed by atoms with van der Waals surface area (Å²) in [6.07, 6.45) is 5.16. The standard InChI is InChI=1S/C10H7ClN6S/c1-5-2-12-10(13-3-5)18-8-6-4-14-17-7(6)15-9(11)16-8/h2-4H,1H3,(H,14,15,16,17). The first-order chi connectivity index (χ1) is 8.72. The van der Waals surface area contributed by atoms with Crippen molar-refractivity contribution in [3.05, 3.63) is 29.4 Å². The molecule has 0 saturated carbocycles. The van der Waals surface area contributed by atoms with E-state index in [-0.39, 0.29) is 5.28 Å². The lowest BCUT2D eigenvalue weighted by molar-refractivity contribution is 0.945. The van der Waals surface area contributed by atoms with Crippen LogP contribution in [0.2, 0.25) is 5.28 Å². The van der Waals surface area contributed by atoms with Gasteiger partial charge < -0.3 is 0 Å². The molecule has 3 rings (SSSR count). The van der Waals surface area contributed by atoms with Crippen LogP contribution < -0.4 is 0 Å².